The molecule has 0 spiro atoms. The van der Waals surface area contributed by atoms with E-state index in [-0.39, 0.29) is 29.1 Å². The zero-order valence-electron chi connectivity index (χ0n) is 14.8. The molecule has 0 saturated heterocycles. The van der Waals surface area contributed by atoms with E-state index in [0.717, 1.165) is 25.7 Å². The van der Waals surface area contributed by atoms with Gasteiger partial charge in [-0.05, 0) is 65.9 Å². The number of aryl methyl sites for hydroxylation is 1. The SMILES string of the molecule is C[C@]12C[C@@H](O)C(=O)[C@](C)(CO)C1CC[C@@]1(C)c3cocc3CCC21. The van der Waals surface area contributed by atoms with Crippen LogP contribution in [0.2, 0.25) is 0 Å². The number of furan rings is 1. The fraction of sp³-hybridized carbons (Fsp3) is 0.750. The van der Waals surface area contributed by atoms with Crippen molar-refractivity contribution in [2.45, 2.75) is 64.4 Å². The number of ketones is 1. The molecule has 0 radical (unpaired) electrons. The minimum atomic E-state index is -0.962. The minimum Gasteiger partial charge on any atom is -0.472 e. The van der Waals surface area contributed by atoms with E-state index in [1.807, 2.05) is 19.5 Å². The van der Waals surface area contributed by atoms with Crippen molar-refractivity contribution in [1.82, 2.24) is 0 Å². The molecule has 2 N–H and O–H groups in total. The quantitative estimate of drug-likeness (QED) is 0.829. The highest BCUT2D eigenvalue weighted by atomic mass is 16.3. The Bertz CT molecular complexity index is 679. The lowest BCUT2D eigenvalue weighted by Gasteiger charge is -2.64. The van der Waals surface area contributed by atoms with Crippen LogP contribution >= 0.6 is 0 Å². The smallest absolute Gasteiger partial charge is 0.169 e. The van der Waals surface area contributed by atoms with Crippen LogP contribution in [0.4, 0.5) is 0 Å². The predicted molar refractivity (Wildman–Crippen MR) is 89.5 cm³/mol. The molecule has 0 amide bonds. The van der Waals surface area contributed by atoms with Gasteiger partial charge in [0.15, 0.2) is 5.78 Å². The number of hydrogen-bond donors (Lipinski definition) is 2. The van der Waals surface area contributed by atoms with Gasteiger partial charge in [0.05, 0.1) is 24.5 Å². The molecule has 1 aromatic heterocycles. The van der Waals surface area contributed by atoms with Gasteiger partial charge in [-0.3, -0.25) is 4.79 Å². The fourth-order valence-electron chi connectivity index (χ4n) is 6.79. The summed E-state index contributed by atoms with van der Waals surface area (Å²) in [6.07, 6.45) is 7.29. The molecule has 24 heavy (non-hydrogen) atoms. The Balaban J connectivity index is 1.82. The standard InChI is InChI=1S/C20H28O4/c1-18-7-6-16-19(2,8-14(22)17(23)20(16,3)11-21)15(18)5-4-12-9-24-10-13(12)18/h9-10,14-16,21-22H,4-8,11H2,1-3H3/t14-,15?,16?,18+,19-,20-/m1/s1. The molecule has 2 fully saturated rings. The van der Waals surface area contributed by atoms with Crippen molar-refractivity contribution < 1.29 is 19.4 Å². The Morgan fingerprint density at radius 3 is 2.67 bits per heavy atom. The molecule has 3 aliphatic rings. The summed E-state index contributed by atoms with van der Waals surface area (Å²) in [4.78, 5) is 12.6. The number of carbonyl (C=O) groups excluding carboxylic acids is 1. The van der Waals surface area contributed by atoms with Gasteiger partial charge in [0.1, 0.15) is 6.10 Å². The van der Waals surface area contributed by atoms with Crippen LogP contribution in [-0.2, 0) is 16.6 Å². The van der Waals surface area contributed by atoms with Gasteiger partial charge >= 0.3 is 0 Å². The van der Waals surface area contributed by atoms with Crippen LogP contribution in [0.1, 0.15) is 57.6 Å². The monoisotopic (exact) mass is 332 g/mol. The number of Topliss-reactive ketones (excluding diaryl/α,β-unsaturated/α-hetero) is 1. The highest BCUT2D eigenvalue weighted by Crippen LogP contribution is 2.66. The van der Waals surface area contributed by atoms with Crippen molar-refractivity contribution in [3.8, 4) is 0 Å². The summed E-state index contributed by atoms with van der Waals surface area (Å²) in [5.41, 5.74) is 1.68. The fourth-order valence-corrected chi connectivity index (χ4v) is 6.79. The van der Waals surface area contributed by atoms with E-state index >= 15 is 0 Å². The molecule has 2 saturated carbocycles. The Kier molecular flexibility index (Phi) is 3.37. The maximum Gasteiger partial charge on any atom is 0.169 e. The highest BCUT2D eigenvalue weighted by Gasteiger charge is 2.64. The van der Waals surface area contributed by atoms with Crippen molar-refractivity contribution in [2.75, 3.05) is 6.61 Å². The molecule has 3 aliphatic carbocycles. The van der Waals surface area contributed by atoms with Crippen LogP contribution in [-0.4, -0.2) is 28.7 Å². The van der Waals surface area contributed by atoms with Gasteiger partial charge in [0, 0.05) is 0 Å². The van der Waals surface area contributed by atoms with E-state index in [2.05, 4.69) is 13.8 Å². The van der Waals surface area contributed by atoms with E-state index in [9.17, 15) is 15.0 Å². The summed E-state index contributed by atoms with van der Waals surface area (Å²) < 4.78 is 5.51. The van der Waals surface area contributed by atoms with Crippen LogP contribution in [0.5, 0.6) is 0 Å². The number of rotatable bonds is 1. The third kappa shape index (κ3) is 1.79. The van der Waals surface area contributed by atoms with Crippen LogP contribution in [0.25, 0.3) is 0 Å². The first-order valence-electron chi connectivity index (χ1n) is 9.16. The molecular weight excluding hydrogens is 304 g/mol. The van der Waals surface area contributed by atoms with Crippen molar-refractivity contribution in [3.63, 3.8) is 0 Å². The highest BCUT2D eigenvalue weighted by molar-refractivity contribution is 5.90. The normalized spacial score (nSPS) is 47.7. The van der Waals surface area contributed by atoms with E-state index in [4.69, 9.17) is 4.42 Å². The Hall–Kier alpha value is -1.13. The molecule has 0 bridgehead atoms. The van der Waals surface area contributed by atoms with Crippen LogP contribution in [0, 0.1) is 22.7 Å². The lowest BCUT2D eigenvalue weighted by Crippen LogP contribution is -2.64. The average Bonchev–Trinajstić information content (AvgIpc) is 3.02. The number of aliphatic hydroxyl groups excluding tert-OH is 2. The molecule has 1 aromatic rings. The third-order valence-electron chi connectivity index (χ3n) is 7.97. The molecule has 1 heterocycles. The first-order chi connectivity index (χ1) is 11.3. The summed E-state index contributed by atoms with van der Waals surface area (Å²) in [5.74, 6) is 0.343. The van der Waals surface area contributed by atoms with Crippen molar-refractivity contribution in [2.24, 2.45) is 22.7 Å². The summed E-state index contributed by atoms with van der Waals surface area (Å²) in [6, 6.07) is 0. The average molecular weight is 332 g/mol. The van der Waals surface area contributed by atoms with E-state index < -0.39 is 11.5 Å². The molecular formula is C20H28O4. The lowest BCUT2D eigenvalue weighted by molar-refractivity contribution is -0.179. The maximum atomic E-state index is 12.6. The summed E-state index contributed by atoms with van der Waals surface area (Å²) in [6.45, 7) is 6.25. The summed E-state index contributed by atoms with van der Waals surface area (Å²) >= 11 is 0. The number of aliphatic hydroxyl groups is 2. The number of carbonyl (C=O) groups is 1. The third-order valence-corrected chi connectivity index (χ3v) is 7.97. The number of fused-ring (bicyclic) bond motifs is 5. The first-order valence-corrected chi connectivity index (χ1v) is 9.16. The zero-order valence-corrected chi connectivity index (χ0v) is 14.8. The first kappa shape index (κ1) is 16.3. The molecule has 6 atom stereocenters. The Labute approximate surface area is 143 Å². The van der Waals surface area contributed by atoms with Gasteiger partial charge in [-0.25, -0.2) is 0 Å². The molecule has 132 valence electrons. The van der Waals surface area contributed by atoms with Gasteiger partial charge in [-0.2, -0.15) is 0 Å². The number of hydrogen-bond acceptors (Lipinski definition) is 4. The Morgan fingerprint density at radius 2 is 1.96 bits per heavy atom. The second kappa shape index (κ2) is 4.95. The van der Waals surface area contributed by atoms with Crippen molar-refractivity contribution in [3.05, 3.63) is 23.7 Å². The van der Waals surface area contributed by atoms with Crippen molar-refractivity contribution in [1.29, 1.82) is 0 Å². The zero-order chi connectivity index (χ0) is 17.3. The summed E-state index contributed by atoms with van der Waals surface area (Å²) in [5, 5.41) is 20.5. The van der Waals surface area contributed by atoms with Gasteiger partial charge < -0.3 is 14.6 Å². The Morgan fingerprint density at radius 1 is 1.21 bits per heavy atom. The van der Waals surface area contributed by atoms with E-state index in [1.165, 1.54) is 11.1 Å². The van der Waals surface area contributed by atoms with Crippen LogP contribution < -0.4 is 0 Å². The minimum absolute atomic E-state index is 0.0301. The van der Waals surface area contributed by atoms with Gasteiger partial charge in [-0.1, -0.05) is 20.8 Å². The predicted octanol–water partition coefficient (Wildman–Crippen LogP) is 2.85. The topological polar surface area (TPSA) is 70.7 Å². The largest absolute Gasteiger partial charge is 0.472 e. The van der Waals surface area contributed by atoms with Crippen LogP contribution in [0.15, 0.2) is 16.9 Å². The van der Waals surface area contributed by atoms with Gasteiger partial charge in [0.25, 0.3) is 0 Å². The van der Waals surface area contributed by atoms with Gasteiger partial charge in [-0.15, -0.1) is 0 Å². The summed E-state index contributed by atoms with van der Waals surface area (Å²) in [7, 11) is 0. The molecule has 2 unspecified atom stereocenters. The van der Waals surface area contributed by atoms with E-state index in [0.29, 0.717) is 12.3 Å². The van der Waals surface area contributed by atoms with Crippen LogP contribution in [0.3, 0.4) is 0 Å². The van der Waals surface area contributed by atoms with Crippen molar-refractivity contribution >= 4 is 5.78 Å². The second-order valence-electron chi connectivity index (χ2n) is 9.08. The van der Waals surface area contributed by atoms with E-state index in [1.54, 1.807) is 0 Å². The molecule has 4 rings (SSSR count). The molecule has 4 heteroatoms. The molecule has 0 aromatic carbocycles. The maximum absolute atomic E-state index is 12.6. The molecule has 0 aliphatic heterocycles. The second-order valence-corrected chi connectivity index (χ2v) is 9.08. The molecule has 4 nitrogen and oxygen atoms in total. The lowest BCUT2D eigenvalue weighted by atomic mass is 9.40. The van der Waals surface area contributed by atoms with Gasteiger partial charge in [0.2, 0.25) is 0 Å².